The molecule has 7 heteroatoms. The van der Waals surface area contributed by atoms with Gasteiger partial charge in [-0.3, -0.25) is 19.1 Å². The van der Waals surface area contributed by atoms with Crippen LogP contribution in [0.3, 0.4) is 0 Å². The van der Waals surface area contributed by atoms with E-state index in [1.54, 1.807) is 22.8 Å². The Hall–Kier alpha value is -2.51. The average Bonchev–Trinajstić information content (AvgIpc) is 3.18. The van der Waals surface area contributed by atoms with E-state index in [1.807, 2.05) is 32.0 Å². The third-order valence-corrected chi connectivity index (χ3v) is 7.96. The Balaban J connectivity index is 1.80. The summed E-state index contributed by atoms with van der Waals surface area (Å²) in [6, 6.07) is 5.33. The molecule has 1 aliphatic rings. The van der Waals surface area contributed by atoms with Crippen molar-refractivity contribution in [3.05, 3.63) is 55.9 Å². The van der Waals surface area contributed by atoms with E-state index in [-0.39, 0.29) is 11.5 Å². The minimum absolute atomic E-state index is 0.0785. The van der Waals surface area contributed by atoms with Crippen molar-refractivity contribution in [1.82, 2.24) is 14.5 Å². The van der Waals surface area contributed by atoms with Crippen LogP contribution < -0.4 is 10.9 Å². The van der Waals surface area contributed by atoms with E-state index in [4.69, 9.17) is 4.98 Å². The molecule has 1 N–H and O–H groups in total. The number of hydrogen-bond donors (Lipinski definition) is 1. The van der Waals surface area contributed by atoms with Gasteiger partial charge in [0.2, 0.25) is 5.91 Å². The first-order chi connectivity index (χ1) is 15.8. The highest BCUT2D eigenvalue weighted by molar-refractivity contribution is 7.18. The van der Waals surface area contributed by atoms with E-state index in [1.165, 1.54) is 4.88 Å². The maximum absolute atomic E-state index is 13.9. The number of benzene rings is 1. The molecule has 176 valence electrons. The van der Waals surface area contributed by atoms with Crippen LogP contribution in [0.2, 0.25) is 0 Å². The fourth-order valence-electron chi connectivity index (χ4n) is 4.64. The summed E-state index contributed by atoms with van der Waals surface area (Å²) in [6.45, 7) is 12.2. The fourth-order valence-corrected chi connectivity index (χ4v) is 5.91. The zero-order chi connectivity index (χ0) is 23.7. The van der Waals surface area contributed by atoms with Crippen molar-refractivity contribution in [2.24, 2.45) is 0 Å². The lowest BCUT2D eigenvalue weighted by Crippen LogP contribution is -2.37. The van der Waals surface area contributed by atoms with Gasteiger partial charge in [0.15, 0.2) is 0 Å². The summed E-state index contributed by atoms with van der Waals surface area (Å²) in [5.74, 6) is 0.468. The quantitative estimate of drug-likeness (QED) is 0.532. The third kappa shape index (κ3) is 4.62. The Kier molecular flexibility index (Phi) is 7.00. The van der Waals surface area contributed by atoms with E-state index in [9.17, 15) is 9.59 Å². The second kappa shape index (κ2) is 9.77. The number of fused-ring (bicyclic) bond motifs is 3. The van der Waals surface area contributed by atoms with Crippen LogP contribution in [-0.2, 0) is 24.2 Å². The summed E-state index contributed by atoms with van der Waals surface area (Å²) < 4.78 is 1.64. The minimum atomic E-state index is -0.668. The molecular weight excluding hydrogens is 432 g/mol. The molecule has 1 atom stereocenters. The molecule has 0 spiro atoms. The van der Waals surface area contributed by atoms with E-state index in [2.05, 4.69) is 24.1 Å². The number of amides is 1. The van der Waals surface area contributed by atoms with Crippen LogP contribution in [0.5, 0.6) is 0 Å². The normalized spacial score (nSPS) is 14.5. The van der Waals surface area contributed by atoms with E-state index < -0.39 is 6.04 Å². The van der Waals surface area contributed by atoms with Gasteiger partial charge >= 0.3 is 0 Å². The van der Waals surface area contributed by atoms with Crippen LogP contribution in [-0.4, -0.2) is 33.4 Å². The molecule has 0 saturated heterocycles. The maximum atomic E-state index is 13.9. The zero-order valence-corrected chi connectivity index (χ0v) is 21.1. The molecule has 0 saturated carbocycles. The second-order valence-corrected chi connectivity index (χ2v) is 10.1. The SMILES string of the molecule is CCN(CC)Cc1nc2sc3c(c2c(=O)n1C(C)C(=O)Nc1cc(C)ccc1C)CCCC3. The highest BCUT2D eigenvalue weighted by Crippen LogP contribution is 2.34. The van der Waals surface area contributed by atoms with Gasteiger partial charge in [-0.1, -0.05) is 26.0 Å². The Morgan fingerprint density at radius 2 is 1.94 bits per heavy atom. The van der Waals surface area contributed by atoms with Gasteiger partial charge in [0.05, 0.1) is 11.9 Å². The van der Waals surface area contributed by atoms with Gasteiger partial charge in [-0.05, 0) is 82.3 Å². The molecule has 1 amide bonds. The van der Waals surface area contributed by atoms with Crippen LogP contribution in [0.25, 0.3) is 10.2 Å². The van der Waals surface area contributed by atoms with Crippen LogP contribution in [0, 0.1) is 13.8 Å². The fraction of sp³-hybridized carbons (Fsp3) is 0.500. The summed E-state index contributed by atoms with van der Waals surface area (Å²) >= 11 is 1.66. The first-order valence-electron chi connectivity index (χ1n) is 12.0. The monoisotopic (exact) mass is 466 g/mol. The van der Waals surface area contributed by atoms with Crippen molar-refractivity contribution in [3.8, 4) is 0 Å². The number of nitrogens with zero attached hydrogens (tertiary/aromatic N) is 3. The van der Waals surface area contributed by atoms with Gasteiger partial charge in [-0.15, -0.1) is 11.3 Å². The van der Waals surface area contributed by atoms with Gasteiger partial charge in [0.1, 0.15) is 16.7 Å². The van der Waals surface area contributed by atoms with Crippen LogP contribution in [0.4, 0.5) is 5.69 Å². The van der Waals surface area contributed by atoms with Crippen molar-refractivity contribution in [3.63, 3.8) is 0 Å². The lowest BCUT2D eigenvalue weighted by molar-refractivity contribution is -0.119. The largest absolute Gasteiger partial charge is 0.324 e. The Labute approximate surface area is 199 Å². The summed E-state index contributed by atoms with van der Waals surface area (Å²) in [7, 11) is 0. The van der Waals surface area contributed by atoms with Crippen molar-refractivity contribution in [2.45, 2.75) is 72.9 Å². The molecule has 0 aliphatic heterocycles. The van der Waals surface area contributed by atoms with Gasteiger partial charge in [-0.25, -0.2) is 4.98 Å². The summed E-state index contributed by atoms with van der Waals surface area (Å²) in [5.41, 5.74) is 3.94. The smallest absolute Gasteiger partial charge is 0.263 e. The first kappa shape index (κ1) is 23.6. The van der Waals surface area contributed by atoms with Crippen molar-refractivity contribution < 1.29 is 4.79 Å². The zero-order valence-electron chi connectivity index (χ0n) is 20.3. The highest BCUT2D eigenvalue weighted by Gasteiger charge is 2.27. The molecule has 1 unspecified atom stereocenters. The highest BCUT2D eigenvalue weighted by atomic mass is 32.1. The topological polar surface area (TPSA) is 67.2 Å². The van der Waals surface area contributed by atoms with E-state index >= 15 is 0 Å². The van der Waals surface area contributed by atoms with Crippen LogP contribution in [0.1, 0.15) is 67.0 Å². The molecule has 0 radical (unpaired) electrons. The second-order valence-electron chi connectivity index (χ2n) is 9.04. The van der Waals surface area contributed by atoms with Crippen molar-refractivity contribution in [1.29, 1.82) is 0 Å². The molecule has 0 fully saturated rings. The number of aryl methyl sites for hydroxylation is 4. The number of aromatic nitrogens is 2. The molecule has 1 aromatic carbocycles. The Morgan fingerprint density at radius 3 is 2.67 bits per heavy atom. The van der Waals surface area contributed by atoms with E-state index in [0.717, 1.165) is 71.4 Å². The molecule has 2 aromatic heterocycles. The van der Waals surface area contributed by atoms with Gasteiger partial charge in [0, 0.05) is 10.6 Å². The number of hydrogen-bond acceptors (Lipinski definition) is 5. The molecular formula is C26H34N4O2S. The molecule has 1 aliphatic carbocycles. The summed E-state index contributed by atoms with van der Waals surface area (Å²) in [6.07, 6.45) is 4.20. The Bertz CT molecular complexity index is 1240. The molecule has 0 bridgehead atoms. The number of carbonyl (C=O) groups is 1. The third-order valence-electron chi connectivity index (χ3n) is 6.77. The summed E-state index contributed by atoms with van der Waals surface area (Å²) in [4.78, 5) is 36.6. The van der Waals surface area contributed by atoms with Gasteiger partial charge < -0.3 is 5.32 Å². The molecule has 6 nitrogen and oxygen atoms in total. The van der Waals surface area contributed by atoms with Crippen molar-refractivity contribution >= 4 is 33.1 Å². The van der Waals surface area contributed by atoms with Gasteiger partial charge in [-0.2, -0.15) is 0 Å². The molecule has 33 heavy (non-hydrogen) atoms. The van der Waals surface area contributed by atoms with E-state index in [0.29, 0.717) is 12.4 Å². The number of anilines is 1. The average molecular weight is 467 g/mol. The predicted molar refractivity (Wildman–Crippen MR) is 136 cm³/mol. The molecule has 4 rings (SSSR count). The number of thiophene rings is 1. The minimum Gasteiger partial charge on any atom is -0.324 e. The number of nitrogens with one attached hydrogen (secondary N) is 1. The molecule has 3 aromatic rings. The first-order valence-corrected chi connectivity index (χ1v) is 12.8. The number of rotatable bonds is 7. The van der Waals surface area contributed by atoms with Crippen LogP contribution in [0.15, 0.2) is 23.0 Å². The van der Waals surface area contributed by atoms with Crippen molar-refractivity contribution in [2.75, 3.05) is 18.4 Å². The Morgan fingerprint density at radius 1 is 1.21 bits per heavy atom. The lowest BCUT2D eigenvalue weighted by Gasteiger charge is -2.24. The maximum Gasteiger partial charge on any atom is 0.263 e. The standard InChI is InChI=1S/C26H34N4O2S/c1-6-29(7-2)15-22-28-25-23(19-10-8-9-11-21(19)33-25)26(32)30(22)18(5)24(31)27-20-14-16(3)12-13-17(20)4/h12-14,18H,6-11,15H2,1-5H3,(H,27,31). The molecule has 2 heterocycles. The van der Waals surface area contributed by atoms with Crippen LogP contribution >= 0.6 is 11.3 Å². The number of carbonyl (C=O) groups excluding carboxylic acids is 1. The summed E-state index contributed by atoms with van der Waals surface area (Å²) in [5, 5.41) is 3.78. The van der Waals surface area contributed by atoms with Gasteiger partial charge in [0.25, 0.3) is 5.56 Å². The predicted octanol–water partition coefficient (Wildman–Crippen LogP) is 5.00. The lowest BCUT2D eigenvalue weighted by atomic mass is 9.97.